The summed E-state index contributed by atoms with van der Waals surface area (Å²) < 4.78 is 40.3. The number of anilines is 1. The second-order valence-corrected chi connectivity index (χ2v) is 9.74. The molecule has 2 N–H and O–H groups in total. The number of nitrogens with zero attached hydrogens (tertiary/aromatic N) is 3. The smallest absolute Gasteiger partial charge is 0.258 e. The molecule has 0 fully saturated rings. The van der Waals surface area contributed by atoms with E-state index < -0.39 is 21.6 Å². The Morgan fingerprint density at radius 3 is 2.54 bits per heavy atom. The summed E-state index contributed by atoms with van der Waals surface area (Å²) in [6.07, 6.45) is 8.08. The van der Waals surface area contributed by atoms with Crippen molar-refractivity contribution in [1.82, 2.24) is 19.6 Å². The monoisotopic (exact) mass is 511 g/mol. The predicted molar refractivity (Wildman–Crippen MR) is 133 cm³/mol. The molecule has 3 heterocycles. The van der Waals surface area contributed by atoms with Crippen molar-refractivity contribution in [3.05, 3.63) is 90.8 Å². The lowest BCUT2D eigenvalue weighted by molar-refractivity contribution is 0.102. The Morgan fingerprint density at radius 1 is 1.03 bits per heavy atom. The number of nitrogens with one attached hydrogen (secondary N) is 2. The molecule has 2 aromatic carbocycles. The molecular weight excluding hydrogens is 493 g/mol. The van der Waals surface area contributed by atoms with Crippen LogP contribution in [0.2, 0.25) is 0 Å². The summed E-state index contributed by atoms with van der Waals surface area (Å²) in [4.78, 5) is 17.1. The van der Waals surface area contributed by atoms with Gasteiger partial charge < -0.3 is 5.32 Å². The third kappa shape index (κ3) is 4.79. The summed E-state index contributed by atoms with van der Waals surface area (Å²) in [6.45, 7) is 0. The predicted octanol–water partition coefficient (Wildman–Crippen LogP) is 4.61. The van der Waals surface area contributed by atoms with Gasteiger partial charge in [0.2, 0.25) is 0 Å². The minimum absolute atomic E-state index is 0. The largest absolute Gasteiger partial charge is 0.322 e. The molecule has 5 aromatic rings. The second-order valence-electron chi connectivity index (χ2n) is 7.73. The Morgan fingerprint density at radius 2 is 1.83 bits per heavy atom. The number of rotatable bonds is 5. The maximum Gasteiger partial charge on any atom is 0.258 e. The molecule has 178 valence electrons. The molecule has 0 bridgehead atoms. The van der Waals surface area contributed by atoms with Crippen LogP contribution in [0.25, 0.3) is 28.0 Å². The molecule has 11 heteroatoms. The van der Waals surface area contributed by atoms with Crippen molar-refractivity contribution in [3.8, 4) is 22.4 Å². The van der Waals surface area contributed by atoms with Crippen LogP contribution in [0.3, 0.4) is 0 Å². The van der Waals surface area contributed by atoms with Gasteiger partial charge >= 0.3 is 0 Å². The van der Waals surface area contributed by atoms with Gasteiger partial charge in [0.25, 0.3) is 5.91 Å². The number of hydrogen-bond acceptors (Lipinski definition) is 5. The first-order valence-electron chi connectivity index (χ1n) is 10.2. The van der Waals surface area contributed by atoms with Gasteiger partial charge in [0.05, 0.1) is 28.5 Å². The molecule has 0 spiro atoms. The van der Waals surface area contributed by atoms with Crippen molar-refractivity contribution in [2.75, 3.05) is 11.6 Å². The molecule has 1 amide bonds. The van der Waals surface area contributed by atoms with E-state index in [2.05, 4.69) is 20.5 Å². The molecule has 8 nitrogen and oxygen atoms in total. The van der Waals surface area contributed by atoms with E-state index in [1.54, 1.807) is 24.7 Å². The molecule has 35 heavy (non-hydrogen) atoms. The number of amides is 1. The van der Waals surface area contributed by atoms with Crippen LogP contribution < -0.4 is 5.32 Å². The minimum Gasteiger partial charge on any atom is -0.322 e. The molecule has 0 radical (unpaired) electrons. The SMILES string of the molecule is CS(=O)(=O)c1cccc(NC(=O)c2ccc(-c3cnc4ccc(-c5cn[nH]c5)cn34)cc2F)c1.Cl. The van der Waals surface area contributed by atoms with E-state index in [1.807, 2.05) is 22.7 Å². The first-order valence-corrected chi connectivity index (χ1v) is 12.1. The fourth-order valence-electron chi connectivity index (χ4n) is 3.64. The molecule has 0 saturated heterocycles. The van der Waals surface area contributed by atoms with Gasteiger partial charge in [0, 0.05) is 41.0 Å². The van der Waals surface area contributed by atoms with Gasteiger partial charge in [-0.2, -0.15) is 5.10 Å². The fraction of sp³-hybridized carbons (Fsp3) is 0.0417. The van der Waals surface area contributed by atoms with Crippen LogP contribution in [0.4, 0.5) is 10.1 Å². The molecule has 0 atom stereocenters. The van der Waals surface area contributed by atoms with Gasteiger partial charge in [-0.05, 0) is 42.5 Å². The van der Waals surface area contributed by atoms with Crippen LogP contribution in [-0.2, 0) is 9.84 Å². The standard InChI is InChI=1S/C24H18FN5O3S.ClH/c1-34(32,33)19-4-2-3-18(10-19)29-24(31)20-7-5-15(9-21(20)25)22-13-26-23-8-6-16(14-30(22)23)17-11-27-28-12-17;/h2-14H,1H3,(H,27,28)(H,29,31);1H. The topological polar surface area (TPSA) is 109 Å². The van der Waals surface area contributed by atoms with Gasteiger partial charge in [0.15, 0.2) is 9.84 Å². The Balaban J connectivity index is 0.00000289. The van der Waals surface area contributed by atoms with Crippen molar-refractivity contribution in [2.24, 2.45) is 0 Å². The lowest BCUT2D eigenvalue weighted by Crippen LogP contribution is -2.14. The maximum atomic E-state index is 15.0. The summed E-state index contributed by atoms with van der Waals surface area (Å²) in [7, 11) is -3.44. The number of benzene rings is 2. The van der Waals surface area contributed by atoms with E-state index in [4.69, 9.17) is 0 Å². The zero-order valence-electron chi connectivity index (χ0n) is 18.3. The van der Waals surface area contributed by atoms with Crippen molar-refractivity contribution >= 4 is 39.5 Å². The van der Waals surface area contributed by atoms with Gasteiger partial charge in [0.1, 0.15) is 11.5 Å². The third-order valence-corrected chi connectivity index (χ3v) is 6.48. The van der Waals surface area contributed by atoms with Crippen molar-refractivity contribution in [1.29, 1.82) is 0 Å². The van der Waals surface area contributed by atoms with Crippen LogP contribution in [0.5, 0.6) is 0 Å². The average molecular weight is 512 g/mol. The maximum absolute atomic E-state index is 15.0. The lowest BCUT2D eigenvalue weighted by Gasteiger charge is -2.09. The number of aromatic nitrogens is 4. The van der Waals surface area contributed by atoms with E-state index in [1.165, 1.54) is 36.4 Å². The van der Waals surface area contributed by atoms with Crippen LogP contribution in [0, 0.1) is 5.82 Å². The zero-order chi connectivity index (χ0) is 23.9. The highest BCUT2D eigenvalue weighted by Gasteiger charge is 2.16. The van der Waals surface area contributed by atoms with E-state index in [0.717, 1.165) is 17.4 Å². The number of imidazole rings is 1. The Kier molecular flexibility index (Phi) is 6.42. The molecule has 5 rings (SSSR count). The first-order chi connectivity index (χ1) is 16.3. The van der Waals surface area contributed by atoms with Crippen LogP contribution >= 0.6 is 12.4 Å². The number of aromatic amines is 1. The molecule has 0 aliphatic carbocycles. The minimum atomic E-state index is -3.44. The lowest BCUT2D eigenvalue weighted by atomic mass is 10.1. The van der Waals surface area contributed by atoms with Crippen LogP contribution in [-0.4, -0.2) is 40.2 Å². The number of hydrogen-bond donors (Lipinski definition) is 2. The highest BCUT2D eigenvalue weighted by atomic mass is 35.5. The number of pyridine rings is 1. The van der Waals surface area contributed by atoms with E-state index in [-0.39, 0.29) is 28.6 Å². The van der Waals surface area contributed by atoms with Crippen molar-refractivity contribution in [3.63, 3.8) is 0 Å². The summed E-state index contributed by atoms with van der Waals surface area (Å²) in [5.41, 5.74) is 3.80. The first kappa shape index (κ1) is 24.1. The summed E-state index contributed by atoms with van der Waals surface area (Å²) in [6, 6.07) is 13.9. The van der Waals surface area contributed by atoms with Gasteiger partial charge in [-0.25, -0.2) is 17.8 Å². The number of fused-ring (bicyclic) bond motifs is 1. The molecule has 3 aromatic heterocycles. The van der Waals surface area contributed by atoms with Crippen LogP contribution in [0.15, 0.2) is 84.3 Å². The average Bonchev–Trinajstić information content (AvgIpc) is 3.48. The number of sulfone groups is 1. The highest BCUT2D eigenvalue weighted by Crippen LogP contribution is 2.26. The van der Waals surface area contributed by atoms with Gasteiger partial charge in [-0.1, -0.05) is 12.1 Å². The Labute approximate surface area is 206 Å². The van der Waals surface area contributed by atoms with E-state index >= 15 is 0 Å². The van der Waals surface area contributed by atoms with Crippen molar-refractivity contribution in [2.45, 2.75) is 4.90 Å². The highest BCUT2D eigenvalue weighted by molar-refractivity contribution is 7.90. The number of carbonyl (C=O) groups is 1. The summed E-state index contributed by atoms with van der Waals surface area (Å²) in [5, 5.41) is 9.29. The van der Waals surface area contributed by atoms with Crippen molar-refractivity contribution < 1.29 is 17.6 Å². The Bertz CT molecular complexity index is 1650. The summed E-state index contributed by atoms with van der Waals surface area (Å²) >= 11 is 0. The number of carbonyl (C=O) groups excluding carboxylic acids is 1. The fourth-order valence-corrected chi connectivity index (χ4v) is 4.30. The second kappa shape index (κ2) is 9.32. The summed E-state index contributed by atoms with van der Waals surface area (Å²) in [5.74, 6) is -1.40. The Hall–Kier alpha value is -4.02. The van der Waals surface area contributed by atoms with Gasteiger partial charge in [-0.3, -0.25) is 14.3 Å². The van der Waals surface area contributed by atoms with E-state index in [0.29, 0.717) is 16.9 Å². The molecule has 0 unspecified atom stereocenters. The molecule has 0 aliphatic heterocycles. The van der Waals surface area contributed by atoms with E-state index in [9.17, 15) is 17.6 Å². The number of H-pyrrole nitrogens is 1. The third-order valence-electron chi connectivity index (χ3n) is 5.37. The quantitative estimate of drug-likeness (QED) is 0.358. The molecule has 0 aliphatic rings. The zero-order valence-corrected chi connectivity index (χ0v) is 19.9. The molecule has 0 saturated carbocycles. The molecular formula is C24H19ClFN5O3S. The van der Waals surface area contributed by atoms with Gasteiger partial charge in [-0.15, -0.1) is 12.4 Å². The normalized spacial score (nSPS) is 11.3. The number of halogens is 2. The van der Waals surface area contributed by atoms with Crippen LogP contribution in [0.1, 0.15) is 10.4 Å².